The van der Waals surface area contributed by atoms with Gasteiger partial charge in [0.1, 0.15) is 11.9 Å². The molecule has 1 aromatic carbocycles. The molecule has 2 aromatic rings. The molecule has 2 rings (SSSR count). The molecule has 18 heavy (non-hydrogen) atoms. The highest BCUT2D eigenvalue weighted by molar-refractivity contribution is 5.44. The van der Waals surface area contributed by atoms with Crippen molar-refractivity contribution in [3.8, 4) is 11.6 Å². The monoisotopic (exact) mass is 247 g/mol. The Morgan fingerprint density at radius 1 is 1.33 bits per heavy atom. The van der Waals surface area contributed by atoms with Crippen LogP contribution in [0.25, 0.3) is 0 Å². The Labute approximate surface area is 102 Å². The molecule has 3 N–H and O–H groups in total. The predicted octanol–water partition coefficient (Wildman–Crippen LogP) is 1.46. The van der Waals surface area contributed by atoms with Crippen molar-refractivity contribution in [1.82, 2.24) is 9.97 Å². The number of nitrogens with two attached hydrogens (primary N) is 1. The lowest BCUT2D eigenvalue weighted by atomic mass is 10.3. The summed E-state index contributed by atoms with van der Waals surface area (Å²) >= 11 is 0. The van der Waals surface area contributed by atoms with Gasteiger partial charge < -0.3 is 4.74 Å². The number of rotatable bonds is 4. The Balaban J connectivity index is 2.38. The first kappa shape index (κ1) is 11.7. The molecule has 0 aliphatic carbocycles. The number of hydrogen-bond acceptors (Lipinski definition) is 7. The molecule has 0 aliphatic rings. The van der Waals surface area contributed by atoms with Crippen LogP contribution < -0.4 is 16.0 Å². The van der Waals surface area contributed by atoms with Gasteiger partial charge in [0.2, 0.25) is 5.95 Å². The number of nitrogens with zero attached hydrogens (tertiary/aromatic N) is 3. The zero-order chi connectivity index (χ0) is 13.0. The summed E-state index contributed by atoms with van der Waals surface area (Å²) in [5, 5.41) is 10.8. The van der Waals surface area contributed by atoms with E-state index in [0.717, 1.165) is 6.20 Å². The Bertz CT molecular complexity index is 561. The number of benzene rings is 1. The Morgan fingerprint density at radius 2 is 2.06 bits per heavy atom. The SMILES string of the molecule is NNc1ncc([N+](=O)[O-])c(Oc2ccccc2)n1. The van der Waals surface area contributed by atoms with Crippen molar-refractivity contribution in [2.24, 2.45) is 5.84 Å². The van der Waals surface area contributed by atoms with Crippen molar-refractivity contribution in [3.63, 3.8) is 0 Å². The minimum atomic E-state index is -0.626. The van der Waals surface area contributed by atoms with E-state index in [2.05, 4.69) is 15.4 Å². The van der Waals surface area contributed by atoms with Gasteiger partial charge in [-0.3, -0.25) is 15.5 Å². The predicted molar refractivity (Wildman–Crippen MR) is 63.0 cm³/mol. The smallest absolute Gasteiger partial charge is 0.349 e. The van der Waals surface area contributed by atoms with Gasteiger partial charge in [0.05, 0.1) is 4.92 Å². The number of aromatic nitrogens is 2. The molecular formula is C10H9N5O3. The maximum atomic E-state index is 10.8. The van der Waals surface area contributed by atoms with Crippen molar-refractivity contribution < 1.29 is 9.66 Å². The molecular weight excluding hydrogens is 238 g/mol. The summed E-state index contributed by atoms with van der Waals surface area (Å²) in [6.07, 6.45) is 1.03. The van der Waals surface area contributed by atoms with Gasteiger partial charge in [0, 0.05) is 0 Å². The zero-order valence-electron chi connectivity index (χ0n) is 9.11. The lowest BCUT2D eigenvalue weighted by molar-refractivity contribution is -0.386. The fraction of sp³-hybridized carbons (Fsp3) is 0. The number of nitro groups is 1. The third-order valence-corrected chi connectivity index (χ3v) is 2.02. The van der Waals surface area contributed by atoms with Crippen LogP contribution in [-0.4, -0.2) is 14.9 Å². The van der Waals surface area contributed by atoms with Gasteiger partial charge in [-0.1, -0.05) is 18.2 Å². The van der Waals surface area contributed by atoms with Crippen molar-refractivity contribution in [3.05, 3.63) is 46.6 Å². The Kier molecular flexibility index (Phi) is 3.30. The van der Waals surface area contributed by atoms with E-state index in [1.165, 1.54) is 0 Å². The summed E-state index contributed by atoms with van der Waals surface area (Å²) in [4.78, 5) is 17.6. The molecule has 0 bridgehead atoms. The van der Waals surface area contributed by atoms with Gasteiger partial charge in [-0.25, -0.2) is 10.8 Å². The third-order valence-electron chi connectivity index (χ3n) is 2.02. The highest BCUT2D eigenvalue weighted by Crippen LogP contribution is 2.28. The number of para-hydroxylation sites is 1. The number of hydrazine groups is 1. The largest absolute Gasteiger partial charge is 0.434 e. The lowest BCUT2D eigenvalue weighted by Crippen LogP contribution is -2.11. The molecule has 8 nitrogen and oxygen atoms in total. The van der Waals surface area contributed by atoms with Crippen LogP contribution in [0, 0.1) is 10.1 Å². The van der Waals surface area contributed by atoms with Crippen LogP contribution in [0.4, 0.5) is 11.6 Å². The molecule has 8 heteroatoms. The summed E-state index contributed by atoms with van der Waals surface area (Å²) in [6, 6.07) is 8.59. The van der Waals surface area contributed by atoms with Gasteiger partial charge in [-0.15, -0.1) is 0 Å². The van der Waals surface area contributed by atoms with Gasteiger partial charge in [0.25, 0.3) is 0 Å². The van der Waals surface area contributed by atoms with Crippen LogP contribution in [0.2, 0.25) is 0 Å². The van der Waals surface area contributed by atoms with Crippen molar-refractivity contribution >= 4 is 11.6 Å². The fourth-order valence-electron chi connectivity index (χ4n) is 1.23. The van der Waals surface area contributed by atoms with Gasteiger partial charge in [0.15, 0.2) is 0 Å². The molecule has 1 heterocycles. The first-order valence-electron chi connectivity index (χ1n) is 4.91. The first-order valence-corrected chi connectivity index (χ1v) is 4.91. The molecule has 0 atom stereocenters. The van der Waals surface area contributed by atoms with Crippen molar-refractivity contribution in [2.75, 3.05) is 5.43 Å². The number of anilines is 1. The molecule has 0 radical (unpaired) electrons. The maximum absolute atomic E-state index is 10.8. The van der Waals surface area contributed by atoms with E-state index in [1.807, 2.05) is 0 Å². The standard InChI is InChI=1S/C10H9N5O3/c11-14-10-12-6-8(15(16)17)9(13-10)18-7-4-2-1-3-5-7/h1-6H,11H2,(H,12,13,14). The first-order chi connectivity index (χ1) is 8.70. The summed E-state index contributed by atoms with van der Waals surface area (Å²) in [6.45, 7) is 0. The lowest BCUT2D eigenvalue weighted by Gasteiger charge is -2.05. The van der Waals surface area contributed by atoms with E-state index in [-0.39, 0.29) is 17.5 Å². The molecule has 92 valence electrons. The van der Waals surface area contributed by atoms with Gasteiger partial charge >= 0.3 is 11.6 Å². The molecule has 1 aromatic heterocycles. The number of nitrogens with one attached hydrogen (secondary N) is 1. The van der Waals surface area contributed by atoms with E-state index in [1.54, 1.807) is 30.3 Å². The third kappa shape index (κ3) is 2.50. The molecule has 0 unspecified atom stereocenters. The van der Waals surface area contributed by atoms with E-state index in [4.69, 9.17) is 10.6 Å². The quantitative estimate of drug-likeness (QED) is 0.477. The second-order valence-electron chi connectivity index (χ2n) is 3.20. The molecule has 0 fully saturated rings. The Morgan fingerprint density at radius 3 is 2.67 bits per heavy atom. The average molecular weight is 247 g/mol. The van der Waals surface area contributed by atoms with Crippen LogP contribution in [0.15, 0.2) is 36.5 Å². The van der Waals surface area contributed by atoms with Crippen molar-refractivity contribution in [2.45, 2.75) is 0 Å². The summed E-state index contributed by atoms with van der Waals surface area (Å²) in [7, 11) is 0. The van der Waals surface area contributed by atoms with Crippen LogP contribution in [-0.2, 0) is 0 Å². The Hall–Kier alpha value is -2.74. The summed E-state index contributed by atoms with van der Waals surface area (Å²) in [5.74, 6) is 5.43. The highest BCUT2D eigenvalue weighted by atomic mass is 16.6. The fourth-order valence-corrected chi connectivity index (χ4v) is 1.23. The topological polar surface area (TPSA) is 116 Å². The van der Waals surface area contributed by atoms with E-state index >= 15 is 0 Å². The van der Waals surface area contributed by atoms with Crippen LogP contribution in [0.5, 0.6) is 11.6 Å². The normalized spacial score (nSPS) is 9.83. The van der Waals surface area contributed by atoms with Gasteiger partial charge in [-0.2, -0.15) is 4.98 Å². The highest BCUT2D eigenvalue weighted by Gasteiger charge is 2.19. The summed E-state index contributed by atoms with van der Waals surface area (Å²) < 4.78 is 5.32. The molecule has 0 saturated carbocycles. The summed E-state index contributed by atoms with van der Waals surface area (Å²) in [5.41, 5.74) is 1.86. The molecule has 0 amide bonds. The second-order valence-corrected chi connectivity index (χ2v) is 3.20. The van der Waals surface area contributed by atoms with E-state index in [9.17, 15) is 10.1 Å². The zero-order valence-corrected chi connectivity index (χ0v) is 9.11. The molecule has 0 spiro atoms. The van der Waals surface area contributed by atoms with Crippen molar-refractivity contribution in [1.29, 1.82) is 0 Å². The van der Waals surface area contributed by atoms with Crippen LogP contribution >= 0.6 is 0 Å². The number of hydrogen-bond donors (Lipinski definition) is 2. The second kappa shape index (κ2) is 5.06. The maximum Gasteiger partial charge on any atom is 0.349 e. The average Bonchev–Trinajstić information content (AvgIpc) is 2.39. The van der Waals surface area contributed by atoms with Gasteiger partial charge in [-0.05, 0) is 12.1 Å². The number of nitrogen functional groups attached to an aromatic ring is 1. The van der Waals surface area contributed by atoms with E-state index < -0.39 is 4.92 Å². The minimum absolute atomic E-state index is 0.0338. The van der Waals surface area contributed by atoms with Crippen LogP contribution in [0.1, 0.15) is 0 Å². The van der Waals surface area contributed by atoms with Crippen LogP contribution in [0.3, 0.4) is 0 Å². The number of ether oxygens (including phenoxy) is 1. The molecule has 0 saturated heterocycles. The molecule has 0 aliphatic heterocycles. The minimum Gasteiger partial charge on any atom is -0.434 e. The van der Waals surface area contributed by atoms with E-state index in [0.29, 0.717) is 5.75 Å².